The molecule has 0 unspecified atom stereocenters. The molecule has 0 saturated carbocycles. The Morgan fingerprint density at radius 3 is 2.41 bits per heavy atom. The molecule has 0 aliphatic rings. The summed E-state index contributed by atoms with van der Waals surface area (Å²) >= 11 is 24.0. The van der Waals surface area contributed by atoms with Crippen molar-refractivity contribution in [3.05, 3.63) is 49.9 Å². The molecule has 0 spiro atoms. The number of hydrogen-bond donors (Lipinski definition) is 2. The van der Waals surface area contributed by atoms with Crippen LogP contribution in [0.25, 0.3) is 0 Å². The molecule has 2 aromatic carbocycles. The molecule has 22 heavy (non-hydrogen) atoms. The number of hydrogen-bond acceptors (Lipinski definition) is 3. The highest BCUT2D eigenvalue weighted by Gasteiger charge is 2.14. The van der Waals surface area contributed by atoms with E-state index in [0.717, 1.165) is 0 Å². The molecule has 0 heterocycles. The van der Waals surface area contributed by atoms with Crippen LogP contribution in [0.1, 0.15) is 12.5 Å². The van der Waals surface area contributed by atoms with Gasteiger partial charge in [0.25, 0.3) is 0 Å². The number of phenols is 1. The molecule has 0 aromatic heterocycles. The van der Waals surface area contributed by atoms with Gasteiger partial charge in [0.15, 0.2) is 12.5 Å². The molecular formula is C15H13Cl4NO2. The fourth-order valence-electron chi connectivity index (χ4n) is 1.87. The number of anilines is 1. The fourth-order valence-corrected chi connectivity index (χ4v) is 2.88. The molecule has 0 atom stereocenters. The minimum absolute atomic E-state index is 0.0549. The molecule has 0 saturated heterocycles. The Morgan fingerprint density at radius 1 is 1.05 bits per heavy atom. The third-order valence-corrected chi connectivity index (χ3v) is 4.52. The lowest BCUT2D eigenvalue weighted by Gasteiger charge is -2.14. The van der Waals surface area contributed by atoms with Crippen LogP contribution in [0.5, 0.6) is 11.5 Å². The van der Waals surface area contributed by atoms with Gasteiger partial charge >= 0.3 is 0 Å². The second-order valence-corrected chi connectivity index (χ2v) is 6.04. The van der Waals surface area contributed by atoms with Crippen LogP contribution in [0.15, 0.2) is 24.3 Å². The summed E-state index contributed by atoms with van der Waals surface area (Å²) in [6, 6.07) is 6.54. The van der Waals surface area contributed by atoms with Crippen molar-refractivity contribution in [2.75, 3.05) is 12.0 Å². The molecule has 0 radical (unpaired) electrons. The zero-order valence-corrected chi connectivity index (χ0v) is 14.6. The zero-order chi connectivity index (χ0) is 16.3. The van der Waals surface area contributed by atoms with E-state index < -0.39 is 0 Å². The summed E-state index contributed by atoms with van der Waals surface area (Å²) < 4.78 is 5.49. The molecule has 0 fully saturated rings. The summed E-state index contributed by atoms with van der Waals surface area (Å²) in [5.41, 5.74) is 1.10. The number of rotatable bonds is 5. The maximum atomic E-state index is 10.1. The van der Waals surface area contributed by atoms with Gasteiger partial charge in [-0.25, -0.2) is 0 Å². The summed E-state index contributed by atoms with van der Waals surface area (Å²) in [4.78, 5) is 0. The van der Waals surface area contributed by atoms with Crippen LogP contribution in [-0.4, -0.2) is 11.8 Å². The Labute approximate surface area is 148 Å². The lowest BCUT2D eigenvalue weighted by atomic mass is 10.1. The summed E-state index contributed by atoms with van der Waals surface area (Å²) in [7, 11) is 0. The van der Waals surface area contributed by atoms with Crippen molar-refractivity contribution < 1.29 is 9.84 Å². The zero-order valence-electron chi connectivity index (χ0n) is 11.6. The number of phenolic OH excluding ortho intramolecular Hbond substituents is 1. The molecular weight excluding hydrogens is 368 g/mol. The van der Waals surface area contributed by atoms with Crippen molar-refractivity contribution in [3.8, 4) is 11.5 Å². The molecule has 2 N–H and O–H groups in total. The predicted molar refractivity (Wildman–Crippen MR) is 93.1 cm³/mol. The van der Waals surface area contributed by atoms with E-state index in [-0.39, 0.29) is 17.5 Å². The van der Waals surface area contributed by atoms with Gasteiger partial charge in [-0.15, -0.1) is 0 Å². The third kappa shape index (κ3) is 3.85. The standard InChI is InChI=1S/C15H13Cl4NO2/c1-2-9-11(17)6-13(15(21)14(9)19)20-7-22-8-3-4-10(16)12(18)5-8/h3-6,20-21H,2,7H2,1H3. The molecule has 2 aromatic rings. The van der Waals surface area contributed by atoms with Gasteiger partial charge in [-0.2, -0.15) is 0 Å². The van der Waals surface area contributed by atoms with E-state index in [2.05, 4.69) is 5.32 Å². The highest BCUT2D eigenvalue weighted by molar-refractivity contribution is 6.42. The average molecular weight is 381 g/mol. The summed E-state index contributed by atoms with van der Waals surface area (Å²) in [5.74, 6) is 0.490. The van der Waals surface area contributed by atoms with E-state index in [4.69, 9.17) is 51.1 Å². The van der Waals surface area contributed by atoms with Crippen molar-refractivity contribution in [2.45, 2.75) is 13.3 Å². The lowest BCUT2D eigenvalue weighted by molar-refractivity contribution is 0.345. The number of nitrogens with one attached hydrogen (secondary N) is 1. The highest BCUT2D eigenvalue weighted by Crippen LogP contribution is 2.39. The molecule has 0 bridgehead atoms. The number of ether oxygens (including phenoxy) is 1. The average Bonchev–Trinajstić information content (AvgIpc) is 2.48. The minimum atomic E-state index is -0.0549. The molecule has 118 valence electrons. The van der Waals surface area contributed by atoms with Crippen LogP contribution in [0, 0.1) is 0 Å². The first-order valence-corrected chi connectivity index (χ1v) is 7.96. The SMILES string of the molecule is CCc1c(Cl)cc(NCOc2ccc(Cl)c(Cl)c2)c(O)c1Cl. The molecule has 3 nitrogen and oxygen atoms in total. The van der Waals surface area contributed by atoms with Crippen molar-refractivity contribution in [1.82, 2.24) is 0 Å². The molecule has 2 rings (SSSR count). The van der Waals surface area contributed by atoms with Gasteiger partial charge in [-0.3, -0.25) is 0 Å². The first kappa shape index (κ1) is 17.4. The predicted octanol–water partition coefficient (Wildman–Crippen LogP) is 6.02. The number of halogens is 4. The smallest absolute Gasteiger partial charge is 0.159 e. The van der Waals surface area contributed by atoms with Gasteiger partial charge in [0.05, 0.1) is 20.8 Å². The van der Waals surface area contributed by atoms with Crippen LogP contribution in [0.4, 0.5) is 5.69 Å². The monoisotopic (exact) mass is 379 g/mol. The fraction of sp³-hybridized carbons (Fsp3) is 0.200. The van der Waals surface area contributed by atoms with Crippen molar-refractivity contribution in [1.29, 1.82) is 0 Å². The Bertz CT molecular complexity index is 692. The summed E-state index contributed by atoms with van der Waals surface area (Å²) in [5, 5.41) is 14.6. The van der Waals surface area contributed by atoms with Gasteiger partial charge in [0.2, 0.25) is 0 Å². The molecule has 0 aliphatic carbocycles. The van der Waals surface area contributed by atoms with E-state index >= 15 is 0 Å². The number of aromatic hydroxyl groups is 1. The van der Waals surface area contributed by atoms with E-state index in [9.17, 15) is 5.11 Å². The Kier molecular flexibility index (Phi) is 5.93. The quantitative estimate of drug-likeness (QED) is 0.492. The Morgan fingerprint density at radius 2 is 1.77 bits per heavy atom. The number of benzene rings is 2. The van der Waals surface area contributed by atoms with Gasteiger partial charge in [-0.1, -0.05) is 53.3 Å². The van der Waals surface area contributed by atoms with E-state index in [0.29, 0.717) is 38.5 Å². The Balaban J connectivity index is 2.07. The largest absolute Gasteiger partial charge is 0.504 e. The topological polar surface area (TPSA) is 41.5 Å². The van der Waals surface area contributed by atoms with E-state index in [1.165, 1.54) is 0 Å². The van der Waals surface area contributed by atoms with Crippen molar-refractivity contribution >= 4 is 52.1 Å². The minimum Gasteiger partial charge on any atom is -0.504 e. The molecule has 7 heteroatoms. The van der Waals surface area contributed by atoms with Crippen LogP contribution in [0.3, 0.4) is 0 Å². The highest BCUT2D eigenvalue weighted by atomic mass is 35.5. The molecule has 0 amide bonds. The maximum absolute atomic E-state index is 10.1. The first-order chi connectivity index (χ1) is 10.4. The third-order valence-electron chi connectivity index (χ3n) is 3.03. The molecule has 0 aliphatic heterocycles. The van der Waals surface area contributed by atoms with Gasteiger partial charge in [0, 0.05) is 11.1 Å². The Hall–Kier alpha value is -1.00. The van der Waals surface area contributed by atoms with E-state index in [1.807, 2.05) is 6.92 Å². The van der Waals surface area contributed by atoms with Crippen LogP contribution in [0.2, 0.25) is 20.1 Å². The van der Waals surface area contributed by atoms with Gasteiger partial charge in [-0.05, 0) is 30.2 Å². The maximum Gasteiger partial charge on any atom is 0.159 e. The van der Waals surface area contributed by atoms with Gasteiger partial charge < -0.3 is 15.2 Å². The second kappa shape index (κ2) is 7.51. The van der Waals surface area contributed by atoms with Gasteiger partial charge in [0.1, 0.15) is 5.75 Å². The van der Waals surface area contributed by atoms with E-state index in [1.54, 1.807) is 24.3 Å². The van der Waals surface area contributed by atoms with Crippen LogP contribution < -0.4 is 10.1 Å². The van der Waals surface area contributed by atoms with Crippen LogP contribution in [-0.2, 0) is 6.42 Å². The lowest BCUT2D eigenvalue weighted by Crippen LogP contribution is -2.09. The summed E-state index contributed by atoms with van der Waals surface area (Å²) in [6.07, 6.45) is 0.630. The van der Waals surface area contributed by atoms with Crippen molar-refractivity contribution in [2.24, 2.45) is 0 Å². The first-order valence-electron chi connectivity index (χ1n) is 6.45. The van der Waals surface area contributed by atoms with Crippen molar-refractivity contribution in [3.63, 3.8) is 0 Å². The van der Waals surface area contributed by atoms with Crippen LogP contribution >= 0.6 is 46.4 Å². The summed E-state index contributed by atoms with van der Waals surface area (Å²) in [6.45, 7) is 2.01. The normalized spacial score (nSPS) is 10.6. The second-order valence-electron chi connectivity index (χ2n) is 4.44.